The van der Waals surface area contributed by atoms with Crippen molar-refractivity contribution in [3.63, 3.8) is 0 Å². The number of halogens is 1. The molecule has 0 spiro atoms. The van der Waals surface area contributed by atoms with Crippen molar-refractivity contribution in [2.45, 2.75) is 39.2 Å². The van der Waals surface area contributed by atoms with Crippen LogP contribution in [0.15, 0.2) is 12.1 Å². The first kappa shape index (κ1) is 21.6. The predicted octanol–water partition coefficient (Wildman–Crippen LogP) is 3.26. The Morgan fingerprint density at radius 3 is 2.48 bits per heavy atom. The zero-order valence-corrected chi connectivity index (χ0v) is 18.5. The van der Waals surface area contributed by atoms with E-state index >= 15 is 0 Å². The fourth-order valence-electron chi connectivity index (χ4n) is 2.89. The lowest BCUT2D eigenvalue weighted by Crippen LogP contribution is -2.43. The van der Waals surface area contributed by atoms with Crippen LogP contribution in [0.4, 0.5) is 10.5 Å². The quantitative estimate of drug-likeness (QED) is 0.501. The number of hydrogen-bond acceptors (Lipinski definition) is 5. The Balaban J connectivity index is 1.86. The number of nitrogen functional groups attached to an aromatic ring is 1. The zero-order chi connectivity index (χ0) is 20.2. The average molecular weight is 489 g/mol. The SMILES string of the molecule is COc1cc(N)c(I)cc1C(=O)NCC1CCN(C(=O)OC(C)(C)C)CC1. The molecule has 0 radical (unpaired) electrons. The summed E-state index contributed by atoms with van der Waals surface area (Å²) < 4.78 is 11.5. The molecule has 0 saturated carbocycles. The van der Waals surface area contributed by atoms with E-state index in [1.807, 2.05) is 20.8 Å². The molecule has 1 aromatic rings. The largest absolute Gasteiger partial charge is 0.496 e. The fourth-order valence-corrected chi connectivity index (χ4v) is 3.36. The molecular formula is C19H28IN3O4. The molecule has 1 aliphatic rings. The van der Waals surface area contributed by atoms with E-state index in [2.05, 4.69) is 27.9 Å². The number of rotatable bonds is 4. The summed E-state index contributed by atoms with van der Waals surface area (Å²) in [6.45, 7) is 7.42. The molecule has 0 aromatic heterocycles. The van der Waals surface area contributed by atoms with E-state index in [0.717, 1.165) is 16.4 Å². The molecule has 1 aromatic carbocycles. The van der Waals surface area contributed by atoms with Crippen LogP contribution in [0, 0.1) is 9.49 Å². The number of carbonyl (C=O) groups is 2. The van der Waals surface area contributed by atoms with Gasteiger partial charge >= 0.3 is 6.09 Å². The molecule has 1 heterocycles. The summed E-state index contributed by atoms with van der Waals surface area (Å²) in [7, 11) is 1.52. The number of likely N-dealkylation sites (tertiary alicyclic amines) is 1. The van der Waals surface area contributed by atoms with Gasteiger partial charge < -0.3 is 25.4 Å². The number of ether oxygens (including phenoxy) is 2. The number of piperidine rings is 1. The van der Waals surface area contributed by atoms with Gasteiger partial charge in [0, 0.05) is 35.0 Å². The topological polar surface area (TPSA) is 93.9 Å². The number of carbonyl (C=O) groups excluding carboxylic acids is 2. The molecule has 150 valence electrons. The van der Waals surface area contributed by atoms with Crippen LogP contribution in [0.5, 0.6) is 5.75 Å². The third-order valence-electron chi connectivity index (χ3n) is 4.38. The molecular weight excluding hydrogens is 461 g/mol. The van der Waals surface area contributed by atoms with Gasteiger partial charge in [-0.25, -0.2) is 4.79 Å². The lowest BCUT2D eigenvalue weighted by Gasteiger charge is -2.33. The summed E-state index contributed by atoms with van der Waals surface area (Å²) in [5.74, 6) is 0.607. The van der Waals surface area contributed by atoms with Crippen LogP contribution in [-0.2, 0) is 4.74 Å². The van der Waals surface area contributed by atoms with Crippen molar-refractivity contribution >= 4 is 40.3 Å². The highest BCUT2D eigenvalue weighted by atomic mass is 127. The first-order valence-corrected chi connectivity index (χ1v) is 10.1. The molecule has 1 fully saturated rings. The number of methoxy groups -OCH3 is 1. The molecule has 2 amide bonds. The van der Waals surface area contributed by atoms with Gasteiger partial charge in [-0.05, 0) is 68.2 Å². The molecule has 1 saturated heterocycles. The highest BCUT2D eigenvalue weighted by Gasteiger charge is 2.27. The number of anilines is 1. The third kappa shape index (κ3) is 6.15. The molecule has 2 rings (SSSR count). The molecule has 1 aliphatic heterocycles. The molecule has 0 unspecified atom stereocenters. The molecule has 0 aliphatic carbocycles. The number of nitrogens with two attached hydrogens (primary N) is 1. The van der Waals surface area contributed by atoms with Crippen LogP contribution in [0.3, 0.4) is 0 Å². The summed E-state index contributed by atoms with van der Waals surface area (Å²) in [5, 5.41) is 2.97. The summed E-state index contributed by atoms with van der Waals surface area (Å²) >= 11 is 2.10. The Kier molecular flexibility index (Phi) is 7.19. The van der Waals surface area contributed by atoms with Crippen molar-refractivity contribution in [2.24, 2.45) is 5.92 Å². The Hall–Kier alpha value is -1.71. The van der Waals surface area contributed by atoms with Crippen LogP contribution in [0.2, 0.25) is 0 Å². The van der Waals surface area contributed by atoms with Gasteiger partial charge in [-0.2, -0.15) is 0 Å². The van der Waals surface area contributed by atoms with Crippen molar-refractivity contribution in [2.75, 3.05) is 32.5 Å². The van der Waals surface area contributed by atoms with Gasteiger partial charge in [0.15, 0.2) is 0 Å². The lowest BCUT2D eigenvalue weighted by molar-refractivity contribution is 0.0183. The second kappa shape index (κ2) is 8.99. The molecule has 0 atom stereocenters. The summed E-state index contributed by atoms with van der Waals surface area (Å²) in [6.07, 6.45) is 1.39. The van der Waals surface area contributed by atoms with Gasteiger partial charge in [-0.3, -0.25) is 4.79 Å². The standard InChI is InChI=1S/C19H28IN3O4/c1-19(2,3)27-18(25)23-7-5-12(6-8-23)11-22-17(24)13-9-14(20)15(21)10-16(13)26-4/h9-10,12H,5-8,11,21H2,1-4H3,(H,22,24). The van der Waals surface area contributed by atoms with Crippen molar-refractivity contribution in [1.29, 1.82) is 0 Å². The van der Waals surface area contributed by atoms with Crippen LogP contribution in [-0.4, -0.2) is 49.2 Å². The predicted molar refractivity (Wildman–Crippen MR) is 113 cm³/mol. The van der Waals surface area contributed by atoms with Gasteiger partial charge in [0.05, 0.1) is 12.7 Å². The van der Waals surface area contributed by atoms with Crippen molar-refractivity contribution in [3.8, 4) is 5.75 Å². The smallest absolute Gasteiger partial charge is 0.410 e. The first-order valence-electron chi connectivity index (χ1n) is 9.00. The van der Waals surface area contributed by atoms with Gasteiger partial charge in [0.25, 0.3) is 5.91 Å². The summed E-state index contributed by atoms with van der Waals surface area (Å²) in [4.78, 5) is 26.4. The number of nitrogens with one attached hydrogen (secondary N) is 1. The molecule has 7 nitrogen and oxygen atoms in total. The molecule has 27 heavy (non-hydrogen) atoms. The highest BCUT2D eigenvalue weighted by Crippen LogP contribution is 2.27. The molecule has 0 bridgehead atoms. The maximum atomic E-state index is 12.5. The van der Waals surface area contributed by atoms with Gasteiger partial charge in [0.1, 0.15) is 11.4 Å². The normalized spacial score (nSPS) is 15.4. The third-order valence-corrected chi connectivity index (χ3v) is 5.32. The van der Waals surface area contributed by atoms with Crippen LogP contribution in [0.1, 0.15) is 44.0 Å². The van der Waals surface area contributed by atoms with Crippen molar-refractivity contribution in [1.82, 2.24) is 10.2 Å². The summed E-state index contributed by atoms with van der Waals surface area (Å²) in [6, 6.07) is 3.39. The fraction of sp³-hybridized carbons (Fsp3) is 0.579. The Labute approximate surface area is 174 Å². The Morgan fingerprint density at radius 2 is 1.93 bits per heavy atom. The minimum Gasteiger partial charge on any atom is -0.496 e. The van der Waals surface area contributed by atoms with Gasteiger partial charge in [-0.15, -0.1) is 0 Å². The van der Waals surface area contributed by atoms with E-state index in [9.17, 15) is 9.59 Å². The average Bonchev–Trinajstić information content (AvgIpc) is 2.60. The van der Waals surface area contributed by atoms with E-state index < -0.39 is 5.60 Å². The monoisotopic (exact) mass is 489 g/mol. The maximum Gasteiger partial charge on any atom is 0.410 e. The van der Waals surface area contributed by atoms with E-state index in [-0.39, 0.29) is 12.0 Å². The zero-order valence-electron chi connectivity index (χ0n) is 16.3. The van der Waals surface area contributed by atoms with Crippen molar-refractivity contribution < 1.29 is 19.1 Å². The first-order chi connectivity index (χ1) is 12.6. The van der Waals surface area contributed by atoms with Crippen LogP contribution in [0.25, 0.3) is 0 Å². The molecule has 8 heteroatoms. The van der Waals surface area contributed by atoms with E-state index in [4.69, 9.17) is 15.2 Å². The van der Waals surface area contributed by atoms with Crippen LogP contribution < -0.4 is 15.8 Å². The summed E-state index contributed by atoms with van der Waals surface area (Å²) in [5.41, 5.74) is 6.44. The number of nitrogens with zero attached hydrogens (tertiary/aromatic N) is 1. The van der Waals surface area contributed by atoms with Crippen LogP contribution >= 0.6 is 22.6 Å². The highest BCUT2D eigenvalue weighted by molar-refractivity contribution is 14.1. The molecule has 3 N–H and O–H groups in total. The van der Waals surface area contributed by atoms with E-state index in [1.54, 1.807) is 17.0 Å². The van der Waals surface area contributed by atoms with Crippen molar-refractivity contribution in [3.05, 3.63) is 21.3 Å². The van der Waals surface area contributed by atoms with Gasteiger partial charge in [-0.1, -0.05) is 0 Å². The second-order valence-electron chi connectivity index (χ2n) is 7.69. The lowest BCUT2D eigenvalue weighted by atomic mass is 9.97. The maximum absolute atomic E-state index is 12.5. The Bertz CT molecular complexity index is 695. The Morgan fingerprint density at radius 1 is 1.30 bits per heavy atom. The minimum absolute atomic E-state index is 0.181. The second-order valence-corrected chi connectivity index (χ2v) is 8.86. The number of benzene rings is 1. The number of hydrogen-bond donors (Lipinski definition) is 2. The van der Waals surface area contributed by atoms with Gasteiger partial charge in [0.2, 0.25) is 0 Å². The van der Waals surface area contributed by atoms with E-state index in [1.165, 1.54) is 7.11 Å². The minimum atomic E-state index is -0.489. The number of amides is 2. The van der Waals surface area contributed by atoms with E-state index in [0.29, 0.717) is 42.6 Å².